The fourth-order valence-corrected chi connectivity index (χ4v) is 8.15. The predicted molar refractivity (Wildman–Crippen MR) is 185 cm³/mol. The van der Waals surface area contributed by atoms with E-state index in [1.807, 2.05) is 13.8 Å². The molecule has 6 rings (SSSR count). The largest absolute Gasteiger partial charge is 0.478 e. The third kappa shape index (κ3) is 6.33. The molecule has 16 heteroatoms. The summed E-state index contributed by atoms with van der Waals surface area (Å²) < 4.78 is 9.09. The van der Waals surface area contributed by atoms with Crippen LogP contribution >= 0.6 is 33.0 Å². The van der Waals surface area contributed by atoms with Gasteiger partial charge in [-0.1, -0.05) is 27.7 Å². The third-order valence-corrected chi connectivity index (χ3v) is 11.2. The van der Waals surface area contributed by atoms with Crippen LogP contribution in [-0.2, 0) is 38.0 Å². The van der Waals surface area contributed by atoms with Gasteiger partial charge in [0, 0.05) is 50.1 Å². The van der Waals surface area contributed by atoms with Crippen molar-refractivity contribution in [1.29, 1.82) is 0 Å². The van der Waals surface area contributed by atoms with Gasteiger partial charge in [0.1, 0.15) is 10.8 Å². The van der Waals surface area contributed by atoms with Crippen LogP contribution < -0.4 is 10.6 Å². The number of anilines is 2. The predicted octanol–water partition coefficient (Wildman–Crippen LogP) is 5.52. The Hall–Kier alpha value is -3.78. The first-order valence-electron chi connectivity index (χ1n) is 15.3. The van der Waals surface area contributed by atoms with Gasteiger partial charge in [-0.2, -0.15) is 0 Å². The highest BCUT2D eigenvalue weighted by atomic mass is 36.0. The number of amides is 2. The number of carbonyl (C=O) groups is 8. The van der Waals surface area contributed by atoms with E-state index in [4.69, 9.17) is 20.9 Å². The smallest absolute Gasteiger partial charge is 0.335 e. The maximum absolute atomic E-state index is 12.8. The molecule has 4 bridgehead atoms. The number of nitrogens with one attached hydrogen (secondary N) is 2. The van der Waals surface area contributed by atoms with Crippen molar-refractivity contribution in [2.75, 3.05) is 10.6 Å². The molecule has 2 aromatic carbocycles. The van der Waals surface area contributed by atoms with Gasteiger partial charge in [-0.05, 0) is 96.6 Å². The van der Waals surface area contributed by atoms with Crippen molar-refractivity contribution in [3.8, 4) is 0 Å². The number of rotatable bonds is 6. The van der Waals surface area contributed by atoms with Gasteiger partial charge in [0.2, 0.25) is 44.2 Å². The molecule has 2 amide bonds. The molecule has 4 saturated carbocycles. The van der Waals surface area contributed by atoms with E-state index < -0.39 is 83.0 Å². The van der Waals surface area contributed by atoms with Crippen molar-refractivity contribution in [2.45, 2.75) is 53.4 Å². The number of fused-ring (bicyclic) bond motifs is 4. The minimum atomic E-state index is -1.67. The van der Waals surface area contributed by atoms with E-state index >= 15 is 0 Å². The van der Waals surface area contributed by atoms with Crippen LogP contribution in [0.25, 0.3) is 0 Å². The lowest BCUT2D eigenvalue weighted by Crippen LogP contribution is -2.47. The Labute approximate surface area is 303 Å². The third-order valence-electron chi connectivity index (χ3n) is 10.9. The molecule has 4 unspecified atom stereocenters. The van der Waals surface area contributed by atoms with Crippen molar-refractivity contribution in [2.24, 2.45) is 33.5 Å². The summed E-state index contributed by atoms with van der Waals surface area (Å²) in [6, 6.07) is 11.8. The first-order chi connectivity index (χ1) is 23.2. The molecule has 0 aromatic heterocycles. The molecule has 0 radical (unpaired) electrons. The number of aromatic carboxylic acids is 1. The Bertz CT molecular complexity index is 1710. The zero-order chi connectivity index (χ0) is 37.6. The molecule has 12 nitrogen and oxygen atoms in total. The van der Waals surface area contributed by atoms with Crippen LogP contribution in [0.5, 0.6) is 0 Å². The topological polar surface area (TPSA) is 198 Å². The number of halogens is 3. The Kier molecular flexibility index (Phi) is 11.0. The summed E-state index contributed by atoms with van der Waals surface area (Å²) in [5, 5.41) is 13.7. The van der Waals surface area contributed by atoms with Gasteiger partial charge in [0.15, 0.2) is 0 Å². The summed E-state index contributed by atoms with van der Waals surface area (Å²) in [6.45, 7) is 7.20. The van der Waals surface area contributed by atoms with E-state index in [-0.39, 0.29) is 11.5 Å². The van der Waals surface area contributed by atoms with E-state index in [1.54, 1.807) is 26.0 Å². The monoisotopic (exact) mass is 766 g/mol. The molecular weight excluding hydrogens is 735 g/mol. The van der Waals surface area contributed by atoms with Crippen LogP contribution in [-0.4, -0.2) is 55.5 Å². The van der Waals surface area contributed by atoms with Gasteiger partial charge in [0.05, 0.1) is 5.56 Å². The van der Waals surface area contributed by atoms with Crippen LogP contribution in [0.4, 0.5) is 11.4 Å². The molecule has 0 aliphatic heterocycles. The number of carboxylic acid groups (broad SMARTS) is 1. The van der Waals surface area contributed by atoms with E-state index in [1.165, 1.54) is 36.4 Å². The van der Waals surface area contributed by atoms with Crippen LogP contribution in [0.15, 0.2) is 48.5 Å². The highest BCUT2D eigenvalue weighted by Gasteiger charge is 2.73. The number of hydrogen-bond donors (Lipinski definition) is 3. The minimum absolute atomic E-state index is 0.106. The van der Waals surface area contributed by atoms with E-state index in [9.17, 15) is 38.4 Å². The normalized spacial score (nSPS) is 26.5. The van der Waals surface area contributed by atoms with Crippen molar-refractivity contribution >= 4 is 99.7 Å². The fraction of sp³-hybridized carbons (Fsp3) is 0.412. The van der Waals surface area contributed by atoms with Crippen molar-refractivity contribution in [1.82, 2.24) is 0 Å². The Morgan fingerprint density at radius 3 is 1.26 bits per heavy atom. The molecule has 4 fully saturated rings. The zero-order valence-electron chi connectivity index (χ0n) is 27.3. The first-order valence-corrected chi connectivity index (χ1v) is 18.5. The highest BCUT2D eigenvalue weighted by molar-refractivity contribution is 8.26. The Morgan fingerprint density at radius 2 is 1.00 bits per heavy atom. The SMILES string of the molecule is CC1(C)C2CCC1(C(=O)Nc1ccc(C(=O)Cl)cc1)C(=O)C2=O.CC1(C)C2CCC1(C(=O)Nc1ccc(C(=O)O)cc1)C(=O)C2=O.O=S(Cl)Cl. The zero-order valence-corrected chi connectivity index (χ0v) is 30.3. The maximum Gasteiger partial charge on any atom is 0.335 e. The summed E-state index contributed by atoms with van der Waals surface area (Å²) in [5.41, 5.74) is -2.72. The second-order valence-corrected chi connectivity index (χ2v) is 16.5. The molecule has 4 aliphatic rings. The molecular formula is C34H33Cl3N2O10S. The number of carboxylic acids is 1. The number of benzene rings is 2. The average molecular weight is 768 g/mol. The van der Waals surface area contributed by atoms with Crippen LogP contribution in [0.1, 0.15) is 74.1 Å². The van der Waals surface area contributed by atoms with Gasteiger partial charge >= 0.3 is 5.97 Å². The molecule has 0 spiro atoms. The number of hydrogen-bond acceptors (Lipinski definition) is 9. The second kappa shape index (κ2) is 14.1. The Balaban J connectivity index is 0.000000203. The van der Waals surface area contributed by atoms with Gasteiger partial charge in [-0.15, -0.1) is 0 Å². The first kappa shape index (κ1) is 39.0. The lowest BCUT2D eigenvalue weighted by molar-refractivity contribution is -0.147. The molecule has 2 aromatic rings. The molecule has 3 N–H and O–H groups in total. The van der Waals surface area contributed by atoms with Gasteiger partial charge < -0.3 is 15.7 Å². The molecule has 4 atom stereocenters. The lowest BCUT2D eigenvalue weighted by Gasteiger charge is -2.33. The van der Waals surface area contributed by atoms with Crippen LogP contribution in [0.2, 0.25) is 0 Å². The van der Waals surface area contributed by atoms with E-state index in [0.717, 1.165) is 0 Å². The standard InChI is InChI=1S/C17H16ClNO4.C17H17NO5.Cl2OS/c1-16(2)11-7-8-17(16,13(21)12(11)20)15(23)19-10-5-3-9(4-6-10)14(18)22;1-16(2)11-7-8-17(16,13(20)12(11)19)15(23)18-10-5-3-9(4-6-10)14(21)22;1-4(2)3/h3-6,11H,7-8H2,1-2H3,(H,19,23);3-6,11H,7-8H2,1-2H3,(H,18,23)(H,21,22);. The highest BCUT2D eigenvalue weighted by Crippen LogP contribution is 2.63. The van der Waals surface area contributed by atoms with E-state index in [0.29, 0.717) is 42.6 Å². The fourth-order valence-electron chi connectivity index (χ4n) is 8.02. The number of Topliss-reactive ketones (excluding diaryl/α,β-unsaturated/α-hetero) is 4. The maximum atomic E-state index is 12.8. The molecule has 266 valence electrons. The summed E-state index contributed by atoms with van der Waals surface area (Å²) in [7, 11) is 7.36. The molecule has 0 heterocycles. The van der Waals surface area contributed by atoms with Gasteiger partial charge in [-0.25, -0.2) is 9.00 Å². The minimum Gasteiger partial charge on any atom is -0.478 e. The quantitative estimate of drug-likeness (QED) is 0.191. The van der Waals surface area contributed by atoms with Gasteiger partial charge in [-0.3, -0.25) is 33.6 Å². The summed E-state index contributed by atoms with van der Waals surface area (Å²) in [5.74, 6) is -4.82. The van der Waals surface area contributed by atoms with E-state index in [2.05, 4.69) is 32.0 Å². The van der Waals surface area contributed by atoms with Crippen LogP contribution in [0, 0.1) is 33.5 Å². The molecule has 50 heavy (non-hydrogen) atoms. The van der Waals surface area contributed by atoms with Gasteiger partial charge in [0.25, 0.3) is 5.24 Å². The number of ketones is 4. The summed E-state index contributed by atoms with van der Waals surface area (Å²) in [4.78, 5) is 96.4. The number of carbonyl (C=O) groups excluding carboxylic acids is 7. The summed E-state index contributed by atoms with van der Waals surface area (Å²) >= 11 is 5.38. The summed E-state index contributed by atoms with van der Waals surface area (Å²) in [6.07, 6.45) is 1.86. The van der Waals surface area contributed by atoms with Crippen molar-refractivity contribution < 1.29 is 47.7 Å². The molecule has 0 saturated heterocycles. The van der Waals surface area contributed by atoms with Crippen LogP contribution in [0.3, 0.4) is 0 Å². The second-order valence-electron chi connectivity index (χ2n) is 13.6. The molecule has 4 aliphatic carbocycles. The lowest BCUT2D eigenvalue weighted by atomic mass is 9.68. The van der Waals surface area contributed by atoms with Crippen molar-refractivity contribution in [3.63, 3.8) is 0 Å². The van der Waals surface area contributed by atoms with Crippen molar-refractivity contribution in [3.05, 3.63) is 59.7 Å². The average Bonchev–Trinajstić information content (AvgIpc) is 3.58. The Morgan fingerprint density at radius 1 is 0.680 bits per heavy atom.